The number of fused-ring (bicyclic) bond motifs is 1. The summed E-state index contributed by atoms with van der Waals surface area (Å²) in [7, 11) is 1.64. The molecule has 1 atom stereocenters. The molecule has 23 heavy (non-hydrogen) atoms. The van der Waals surface area contributed by atoms with E-state index in [1.54, 1.807) is 13.2 Å². The molecule has 6 heteroatoms. The van der Waals surface area contributed by atoms with E-state index in [0.717, 1.165) is 42.1 Å². The number of aromatic nitrogens is 3. The highest BCUT2D eigenvalue weighted by Crippen LogP contribution is 2.23. The van der Waals surface area contributed by atoms with E-state index in [1.807, 2.05) is 30.3 Å². The molecule has 2 N–H and O–H groups in total. The van der Waals surface area contributed by atoms with E-state index in [9.17, 15) is 4.79 Å². The zero-order valence-corrected chi connectivity index (χ0v) is 12.9. The van der Waals surface area contributed by atoms with Crippen molar-refractivity contribution in [3.05, 3.63) is 52.4 Å². The second kappa shape index (κ2) is 5.55. The number of hydrogen-bond acceptors (Lipinski definition) is 4. The van der Waals surface area contributed by atoms with E-state index in [4.69, 9.17) is 4.74 Å². The van der Waals surface area contributed by atoms with Crippen molar-refractivity contribution < 1.29 is 4.74 Å². The summed E-state index contributed by atoms with van der Waals surface area (Å²) >= 11 is 0. The van der Waals surface area contributed by atoms with Gasteiger partial charge in [-0.3, -0.25) is 9.89 Å². The van der Waals surface area contributed by atoms with Gasteiger partial charge in [0.1, 0.15) is 5.75 Å². The Morgan fingerprint density at radius 3 is 2.78 bits per heavy atom. The van der Waals surface area contributed by atoms with Crippen molar-refractivity contribution in [1.29, 1.82) is 0 Å². The van der Waals surface area contributed by atoms with Gasteiger partial charge in [0.05, 0.1) is 18.5 Å². The maximum absolute atomic E-state index is 12.3. The number of aromatic amines is 1. The number of rotatable bonds is 3. The Morgan fingerprint density at radius 1 is 1.26 bits per heavy atom. The minimum atomic E-state index is -0.0848. The van der Waals surface area contributed by atoms with Gasteiger partial charge in [-0.2, -0.15) is 0 Å². The lowest BCUT2D eigenvalue weighted by atomic mass is 10.1. The van der Waals surface area contributed by atoms with Crippen LogP contribution in [0.5, 0.6) is 5.75 Å². The molecule has 6 nitrogen and oxygen atoms in total. The zero-order valence-electron chi connectivity index (χ0n) is 12.9. The molecule has 1 unspecified atom stereocenters. The molecule has 0 radical (unpaired) electrons. The standard InChI is InChI=1S/C17H18N4O2/c1-23-12-6-4-11(5-7-12)14-9-16-19-15(13-3-2-8-18-13)10-17(22)21(16)20-14/h4-7,9-10,13,18,20H,2-3,8H2,1H3. The predicted octanol–water partition coefficient (Wildman–Crippen LogP) is 2.12. The van der Waals surface area contributed by atoms with Crippen molar-refractivity contribution in [2.45, 2.75) is 18.9 Å². The maximum atomic E-state index is 12.3. The second-order valence-electron chi connectivity index (χ2n) is 5.76. The Balaban J connectivity index is 1.77. The van der Waals surface area contributed by atoms with Crippen LogP contribution in [0.1, 0.15) is 24.6 Å². The lowest BCUT2D eigenvalue weighted by molar-refractivity contribution is 0.415. The van der Waals surface area contributed by atoms with Crippen LogP contribution in [0.15, 0.2) is 41.2 Å². The maximum Gasteiger partial charge on any atom is 0.272 e. The first kappa shape index (κ1) is 14.0. The van der Waals surface area contributed by atoms with Crippen LogP contribution in [0.2, 0.25) is 0 Å². The van der Waals surface area contributed by atoms with Crippen molar-refractivity contribution in [3.8, 4) is 17.0 Å². The highest BCUT2D eigenvalue weighted by atomic mass is 16.5. The van der Waals surface area contributed by atoms with Crippen LogP contribution in [-0.2, 0) is 0 Å². The van der Waals surface area contributed by atoms with Gasteiger partial charge < -0.3 is 10.1 Å². The Kier molecular flexibility index (Phi) is 3.38. The molecule has 0 saturated carbocycles. The monoisotopic (exact) mass is 310 g/mol. The van der Waals surface area contributed by atoms with Crippen LogP contribution in [0.4, 0.5) is 0 Å². The summed E-state index contributed by atoms with van der Waals surface area (Å²) in [6.07, 6.45) is 2.15. The van der Waals surface area contributed by atoms with Crippen molar-refractivity contribution in [1.82, 2.24) is 19.9 Å². The molecule has 0 bridgehead atoms. The Bertz CT molecular complexity index is 889. The highest BCUT2D eigenvalue weighted by molar-refractivity contribution is 5.64. The van der Waals surface area contributed by atoms with Gasteiger partial charge in [0.2, 0.25) is 0 Å². The van der Waals surface area contributed by atoms with Crippen molar-refractivity contribution in [3.63, 3.8) is 0 Å². The average Bonchev–Trinajstić information content (AvgIpc) is 3.24. The Labute approximate surface area is 133 Å². The third kappa shape index (κ3) is 2.51. The Hall–Kier alpha value is -2.60. The summed E-state index contributed by atoms with van der Waals surface area (Å²) in [4.78, 5) is 17.0. The molecule has 4 rings (SSSR count). The molecule has 1 fully saturated rings. The topological polar surface area (TPSA) is 71.4 Å². The quantitative estimate of drug-likeness (QED) is 0.777. The highest BCUT2D eigenvalue weighted by Gasteiger charge is 2.19. The van der Waals surface area contributed by atoms with Crippen LogP contribution in [0.3, 0.4) is 0 Å². The summed E-state index contributed by atoms with van der Waals surface area (Å²) in [6, 6.07) is 11.4. The normalized spacial score (nSPS) is 17.7. The first-order chi connectivity index (χ1) is 11.2. The van der Waals surface area contributed by atoms with Crippen molar-refractivity contribution in [2.24, 2.45) is 0 Å². The molecular formula is C17H18N4O2. The number of nitrogens with one attached hydrogen (secondary N) is 2. The third-order valence-electron chi connectivity index (χ3n) is 4.29. The van der Waals surface area contributed by atoms with Crippen LogP contribution in [0, 0.1) is 0 Å². The summed E-state index contributed by atoms with van der Waals surface area (Å²) in [5.41, 5.74) is 3.23. The van der Waals surface area contributed by atoms with E-state index in [-0.39, 0.29) is 11.6 Å². The smallest absolute Gasteiger partial charge is 0.272 e. The van der Waals surface area contributed by atoms with Crippen molar-refractivity contribution >= 4 is 5.65 Å². The fourth-order valence-corrected chi connectivity index (χ4v) is 3.04. The minimum Gasteiger partial charge on any atom is -0.497 e. The van der Waals surface area contributed by atoms with Gasteiger partial charge in [0.15, 0.2) is 5.65 Å². The van der Waals surface area contributed by atoms with Gasteiger partial charge in [-0.1, -0.05) is 0 Å². The van der Waals surface area contributed by atoms with Gasteiger partial charge in [0.25, 0.3) is 5.56 Å². The van der Waals surface area contributed by atoms with Gasteiger partial charge in [-0.25, -0.2) is 9.50 Å². The van der Waals surface area contributed by atoms with E-state index in [2.05, 4.69) is 15.4 Å². The van der Waals surface area contributed by atoms with Gasteiger partial charge in [0, 0.05) is 18.2 Å². The molecule has 0 amide bonds. The molecule has 1 saturated heterocycles. The Morgan fingerprint density at radius 2 is 2.09 bits per heavy atom. The van der Waals surface area contributed by atoms with E-state index >= 15 is 0 Å². The minimum absolute atomic E-state index is 0.0848. The molecule has 0 spiro atoms. The lowest BCUT2D eigenvalue weighted by Crippen LogP contribution is -2.20. The third-order valence-corrected chi connectivity index (χ3v) is 4.29. The predicted molar refractivity (Wildman–Crippen MR) is 87.8 cm³/mol. The molecular weight excluding hydrogens is 292 g/mol. The van der Waals surface area contributed by atoms with E-state index < -0.39 is 0 Å². The summed E-state index contributed by atoms with van der Waals surface area (Å²) in [6.45, 7) is 0.982. The molecule has 1 aliphatic rings. The molecule has 3 heterocycles. The fourth-order valence-electron chi connectivity index (χ4n) is 3.04. The summed E-state index contributed by atoms with van der Waals surface area (Å²) in [5, 5.41) is 6.50. The first-order valence-corrected chi connectivity index (χ1v) is 7.75. The van der Waals surface area contributed by atoms with Crippen LogP contribution in [-0.4, -0.2) is 28.3 Å². The number of methoxy groups -OCH3 is 1. The van der Waals surface area contributed by atoms with E-state index in [0.29, 0.717) is 5.65 Å². The summed E-state index contributed by atoms with van der Waals surface area (Å²) in [5.74, 6) is 0.801. The molecule has 1 aliphatic heterocycles. The molecule has 0 aliphatic carbocycles. The molecule has 2 aromatic heterocycles. The second-order valence-corrected chi connectivity index (χ2v) is 5.76. The van der Waals surface area contributed by atoms with Gasteiger partial charge >= 0.3 is 0 Å². The lowest BCUT2D eigenvalue weighted by Gasteiger charge is -2.08. The zero-order chi connectivity index (χ0) is 15.8. The largest absolute Gasteiger partial charge is 0.497 e. The van der Waals surface area contributed by atoms with Gasteiger partial charge in [-0.05, 0) is 49.2 Å². The van der Waals surface area contributed by atoms with E-state index in [1.165, 1.54) is 4.52 Å². The molecule has 118 valence electrons. The molecule has 3 aromatic rings. The number of nitrogens with zero attached hydrogens (tertiary/aromatic N) is 2. The average molecular weight is 310 g/mol. The van der Waals surface area contributed by atoms with Crippen LogP contribution < -0.4 is 15.6 Å². The number of ether oxygens (including phenoxy) is 1. The molecule has 1 aromatic carbocycles. The van der Waals surface area contributed by atoms with Crippen LogP contribution >= 0.6 is 0 Å². The summed E-state index contributed by atoms with van der Waals surface area (Å²) < 4.78 is 6.66. The SMILES string of the molecule is COc1ccc(-c2cc3nc(C4CCCN4)cc(=O)n3[nH]2)cc1. The van der Waals surface area contributed by atoms with Crippen LogP contribution in [0.25, 0.3) is 16.9 Å². The van der Waals surface area contributed by atoms with Gasteiger partial charge in [-0.15, -0.1) is 0 Å². The number of H-pyrrole nitrogens is 1. The number of hydrogen-bond donors (Lipinski definition) is 2. The van der Waals surface area contributed by atoms with Crippen molar-refractivity contribution in [2.75, 3.05) is 13.7 Å². The fraction of sp³-hybridized carbons (Fsp3) is 0.294. The number of benzene rings is 1. The first-order valence-electron chi connectivity index (χ1n) is 7.75.